The van der Waals surface area contributed by atoms with E-state index in [0.29, 0.717) is 6.07 Å². The van der Waals surface area contributed by atoms with Gasteiger partial charge in [-0.15, -0.1) is 0 Å². The lowest BCUT2D eigenvalue weighted by molar-refractivity contribution is -0.153. The molecule has 0 amide bonds. The Kier molecular flexibility index (Phi) is 5.05. The zero-order valence-corrected chi connectivity index (χ0v) is 10.7. The summed E-state index contributed by atoms with van der Waals surface area (Å²) in [6, 6.07) is 0.499. The summed E-state index contributed by atoms with van der Waals surface area (Å²) in [6.07, 6.45) is -1.93. The van der Waals surface area contributed by atoms with Crippen LogP contribution in [0.15, 0.2) is 6.07 Å². The zero-order valence-electron chi connectivity index (χ0n) is 10.7. The first kappa shape index (κ1) is 15.2. The predicted molar refractivity (Wildman–Crippen MR) is 61.1 cm³/mol. The third-order valence-electron chi connectivity index (χ3n) is 2.37. The van der Waals surface area contributed by atoms with Crippen LogP contribution in [0.2, 0.25) is 0 Å². The van der Waals surface area contributed by atoms with E-state index in [2.05, 4.69) is 4.74 Å². The second-order valence-corrected chi connectivity index (χ2v) is 3.47. The third-order valence-corrected chi connectivity index (χ3v) is 2.37. The number of carbonyl (C=O) groups is 1. The first-order valence-corrected chi connectivity index (χ1v) is 5.42. The van der Waals surface area contributed by atoms with Crippen LogP contribution in [-0.4, -0.2) is 31.9 Å². The van der Waals surface area contributed by atoms with Crippen LogP contribution in [0.1, 0.15) is 18.6 Å². The number of hydrogen-bond donors (Lipinski definition) is 1. The van der Waals surface area contributed by atoms with Gasteiger partial charge in [-0.3, -0.25) is 0 Å². The Balaban J connectivity index is 3.37. The molecular weight excluding hydrogens is 262 g/mol. The van der Waals surface area contributed by atoms with Gasteiger partial charge in [0.05, 0.1) is 26.4 Å². The van der Waals surface area contributed by atoms with Crippen molar-refractivity contribution in [2.45, 2.75) is 13.0 Å². The number of carbonyl (C=O) groups excluding carboxylic acids is 1. The number of ether oxygens (including phenoxy) is 3. The Labute approximate surface area is 108 Å². The van der Waals surface area contributed by atoms with Gasteiger partial charge in [-0.2, -0.15) is 0 Å². The lowest BCUT2D eigenvalue weighted by Gasteiger charge is -2.17. The number of hydrogen-bond acceptors (Lipinski definition) is 5. The maximum Gasteiger partial charge on any atom is 0.339 e. The molecule has 106 valence electrons. The summed E-state index contributed by atoms with van der Waals surface area (Å²) in [7, 11) is 2.29. The Hall–Kier alpha value is -1.89. The SMILES string of the molecule is CCOC(=O)C(O)c1c(F)cc(F)c(OC)c1OC. The minimum atomic E-state index is -1.93. The van der Waals surface area contributed by atoms with Crippen LogP contribution >= 0.6 is 0 Å². The highest BCUT2D eigenvalue weighted by Crippen LogP contribution is 2.39. The van der Waals surface area contributed by atoms with Crippen LogP contribution < -0.4 is 9.47 Å². The third kappa shape index (κ3) is 2.93. The molecule has 1 rings (SSSR count). The average molecular weight is 276 g/mol. The predicted octanol–water partition coefficient (Wildman–Crippen LogP) is 1.58. The molecule has 0 saturated heterocycles. The van der Waals surface area contributed by atoms with Crippen molar-refractivity contribution in [3.63, 3.8) is 0 Å². The molecule has 0 aliphatic rings. The Morgan fingerprint density at radius 1 is 1.26 bits per heavy atom. The number of aliphatic hydroxyl groups excluding tert-OH is 1. The zero-order chi connectivity index (χ0) is 14.6. The Bertz CT molecular complexity index is 476. The molecule has 1 aromatic rings. The quantitative estimate of drug-likeness (QED) is 0.827. The molecule has 1 unspecified atom stereocenters. The molecule has 1 aromatic carbocycles. The van der Waals surface area contributed by atoms with Gasteiger partial charge in [-0.1, -0.05) is 0 Å². The van der Waals surface area contributed by atoms with Crippen molar-refractivity contribution in [1.82, 2.24) is 0 Å². The fourth-order valence-corrected chi connectivity index (χ4v) is 1.58. The molecule has 0 radical (unpaired) electrons. The fourth-order valence-electron chi connectivity index (χ4n) is 1.58. The molecule has 0 fully saturated rings. The minimum Gasteiger partial charge on any atom is -0.492 e. The molecule has 19 heavy (non-hydrogen) atoms. The summed E-state index contributed by atoms with van der Waals surface area (Å²) in [4.78, 5) is 11.4. The van der Waals surface area contributed by atoms with Crippen LogP contribution in [0, 0.1) is 11.6 Å². The van der Waals surface area contributed by atoms with Gasteiger partial charge in [0.2, 0.25) is 0 Å². The summed E-state index contributed by atoms with van der Waals surface area (Å²) in [5.41, 5.74) is -0.529. The minimum absolute atomic E-state index is 0.0121. The molecule has 0 spiro atoms. The van der Waals surface area contributed by atoms with E-state index < -0.39 is 35.0 Å². The van der Waals surface area contributed by atoms with Gasteiger partial charge in [0.1, 0.15) is 5.82 Å². The Morgan fingerprint density at radius 2 is 1.84 bits per heavy atom. The summed E-state index contributed by atoms with van der Waals surface area (Å²) >= 11 is 0. The molecule has 0 aliphatic heterocycles. The summed E-state index contributed by atoms with van der Waals surface area (Å²) in [5, 5.41) is 9.75. The van der Waals surface area contributed by atoms with Crippen molar-refractivity contribution in [2.24, 2.45) is 0 Å². The number of aliphatic hydroxyl groups is 1. The largest absolute Gasteiger partial charge is 0.492 e. The normalized spacial score (nSPS) is 11.9. The maximum atomic E-state index is 13.7. The monoisotopic (exact) mass is 276 g/mol. The first-order chi connectivity index (χ1) is 8.97. The van der Waals surface area contributed by atoms with Crippen LogP contribution in [0.4, 0.5) is 8.78 Å². The topological polar surface area (TPSA) is 65.0 Å². The van der Waals surface area contributed by atoms with Gasteiger partial charge in [-0.05, 0) is 6.92 Å². The van der Waals surface area contributed by atoms with Crippen LogP contribution in [0.25, 0.3) is 0 Å². The molecule has 0 heterocycles. The second kappa shape index (κ2) is 6.33. The van der Waals surface area contributed by atoms with Crippen LogP contribution in [0.5, 0.6) is 11.5 Å². The van der Waals surface area contributed by atoms with Gasteiger partial charge in [-0.25, -0.2) is 13.6 Å². The van der Waals surface area contributed by atoms with Crippen molar-refractivity contribution in [3.8, 4) is 11.5 Å². The molecule has 1 N–H and O–H groups in total. The van der Waals surface area contributed by atoms with E-state index in [9.17, 15) is 18.7 Å². The number of esters is 1. The van der Waals surface area contributed by atoms with Crippen molar-refractivity contribution in [3.05, 3.63) is 23.3 Å². The highest BCUT2D eigenvalue weighted by molar-refractivity contribution is 5.78. The van der Waals surface area contributed by atoms with Gasteiger partial charge in [0.25, 0.3) is 0 Å². The number of halogens is 2. The van der Waals surface area contributed by atoms with Gasteiger partial charge in [0, 0.05) is 6.07 Å². The lowest BCUT2D eigenvalue weighted by Crippen LogP contribution is -2.18. The van der Waals surface area contributed by atoms with Crippen molar-refractivity contribution in [2.75, 3.05) is 20.8 Å². The summed E-state index contributed by atoms with van der Waals surface area (Å²) in [6.45, 7) is 1.54. The van der Waals surface area contributed by atoms with Crippen molar-refractivity contribution < 1.29 is 32.9 Å². The molecule has 0 bridgehead atoms. The standard InChI is InChI=1S/C12H14F2O5/c1-4-19-12(16)9(15)8-6(13)5-7(14)10(17-2)11(8)18-3/h5,9,15H,4H2,1-3H3. The number of benzene rings is 1. The van der Waals surface area contributed by atoms with Crippen LogP contribution in [-0.2, 0) is 9.53 Å². The van der Waals surface area contributed by atoms with E-state index in [1.54, 1.807) is 0 Å². The summed E-state index contributed by atoms with van der Waals surface area (Å²) < 4.78 is 41.3. The lowest BCUT2D eigenvalue weighted by atomic mass is 10.1. The van der Waals surface area contributed by atoms with Crippen molar-refractivity contribution >= 4 is 5.97 Å². The first-order valence-electron chi connectivity index (χ1n) is 5.42. The van der Waals surface area contributed by atoms with E-state index in [4.69, 9.17) is 9.47 Å². The maximum absolute atomic E-state index is 13.7. The van der Waals surface area contributed by atoms with Gasteiger partial charge < -0.3 is 19.3 Å². The van der Waals surface area contributed by atoms with E-state index in [1.807, 2.05) is 0 Å². The highest BCUT2D eigenvalue weighted by atomic mass is 19.1. The number of rotatable bonds is 5. The average Bonchev–Trinajstić information content (AvgIpc) is 2.37. The molecule has 5 nitrogen and oxygen atoms in total. The van der Waals surface area contributed by atoms with Crippen LogP contribution in [0.3, 0.4) is 0 Å². The highest BCUT2D eigenvalue weighted by Gasteiger charge is 2.30. The second-order valence-electron chi connectivity index (χ2n) is 3.47. The van der Waals surface area contributed by atoms with Gasteiger partial charge >= 0.3 is 5.97 Å². The molecule has 7 heteroatoms. The molecule has 1 atom stereocenters. The van der Waals surface area contributed by atoms with E-state index in [0.717, 1.165) is 14.2 Å². The van der Waals surface area contributed by atoms with E-state index >= 15 is 0 Å². The van der Waals surface area contributed by atoms with Crippen molar-refractivity contribution in [1.29, 1.82) is 0 Å². The smallest absolute Gasteiger partial charge is 0.339 e. The summed E-state index contributed by atoms with van der Waals surface area (Å²) in [5.74, 6) is -3.98. The molecule has 0 aliphatic carbocycles. The molecule has 0 aromatic heterocycles. The number of methoxy groups -OCH3 is 2. The Morgan fingerprint density at radius 3 is 2.32 bits per heavy atom. The fraction of sp³-hybridized carbons (Fsp3) is 0.417. The molecular formula is C12H14F2O5. The molecule has 0 saturated carbocycles. The van der Waals surface area contributed by atoms with Gasteiger partial charge in [0.15, 0.2) is 23.4 Å². The van der Waals surface area contributed by atoms with E-state index in [-0.39, 0.29) is 12.4 Å². The van der Waals surface area contributed by atoms with E-state index in [1.165, 1.54) is 6.92 Å².